The Kier molecular flexibility index (Phi) is 6.61. The molecule has 36 heavy (non-hydrogen) atoms. The number of aromatic nitrogens is 3. The zero-order valence-corrected chi connectivity index (χ0v) is 20.3. The summed E-state index contributed by atoms with van der Waals surface area (Å²) in [5.41, 5.74) is 0.633. The van der Waals surface area contributed by atoms with Gasteiger partial charge in [0.05, 0.1) is 18.8 Å². The maximum Gasteiger partial charge on any atom is 0.333 e. The van der Waals surface area contributed by atoms with Crippen LogP contribution in [0.15, 0.2) is 52.7 Å². The minimum absolute atomic E-state index is 0.131. The predicted molar refractivity (Wildman–Crippen MR) is 131 cm³/mol. The van der Waals surface area contributed by atoms with E-state index in [2.05, 4.69) is 21.3 Å². The van der Waals surface area contributed by atoms with Gasteiger partial charge in [0.25, 0.3) is 0 Å². The van der Waals surface area contributed by atoms with Crippen LogP contribution in [0.2, 0.25) is 5.02 Å². The molecule has 3 aromatic rings. The molecule has 2 aliphatic heterocycles. The van der Waals surface area contributed by atoms with E-state index in [4.69, 9.17) is 23.0 Å². The van der Waals surface area contributed by atoms with E-state index in [1.807, 2.05) is 4.90 Å². The smallest absolute Gasteiger partial charge is 0.333 e. The van der Waals surface area contributed by atoms with Gasteiger partial charge in [-0.3, -0.25) is 4.99 Å². The topological polar surface area (TPSA) is 78.6 Å². The van der Waals surface area contributed by atoms with Crippen LogP contribution >= 0.6 is 22.9 Å². The highest BCUT2D eigenvalue weighted by atomic mass is 35.5. The highest BCUT2D eigenvalue weighted by Gasteiger charge is 2.47. The lowest BCUT2D eigenvalue weighted by Crippen LogP contribution is -2.44. The zero-order valence-electron chi connectivity index (χ0n) is 18.7. The van der Waals surface area contributed by atoms with Gasteiger partial charge in [-0.25, -0.2) is 14.1 Å². The number of nitrogens with one attached hydrogen (secondary N) is 1. The van der Waals surface area contributed by atoms with Gasteiger partial charge in [-0.05, 0) is 18.2 Å². The van der Waals surface area contributed by atoms with Crippen LogP contribution < -0.4 is 5.32 Å². The van der Waals surface area contributed by atoms with Gasteiger partial charge in [-0.2, -0.15) is 13.9 Å². The maximum atomic E-state index is 13.9. The summed E-state index contributed by atoms with van der Waals surface area (Å²) in [7, 11) is 0. The summed E-state index contributed by atoms with van der Waals surface area (Å²) < 4.78 is 41.2. The van der Waals surface area contributed by atoms with Crippen LogP contribution in [0, 0.1) is 18.2 Å². The number of alkyl halides is 2. The van der Waals surface area contributed by atoms with Crippen molar-refractivity contribution in [2.75, 3.05) is 19.6 Å². The number of fused-ring (bicyclic) bond motifs is 1. The third-order valence-corrected chi connectivity index (χ3v) is 7.11. The molecule has 7 nitrogen and oxygen atoms in total. The molecule has 1 aromatic carbocycles. The highest BCUT2D eigenvalue weighted by molar-refractivity contribution is 7.11. The van der Waals surface area contributed by atoms with Crippen LogP contribution in [0.5, 0.6) is 0 Å². The molecule has 2 atom stereocenters. The molecule has 0 unspecified atom stereocenters. The number of aliphatic hydroxyl groups is 1. The Labute approximate surface area is 213 Å². The fourth-order valence-corrected chi connectivity index (χ4v) is 5.44. The van der Waals surface area contributed by atoms with Gasteiger partial charge in [0.1, 0.15) is 17.5 Å². The summed E-state index contributed by atoms with van der Waals surface area (Å²) in [6.07, 6.45) is 8.33. The van der Waals surface area contributed by atoms with Crippen LogP contribution in [0.25, 0.3) is 5.57 Å². The average molecular weight is 533 g/mol. The minimum atomic E-state index is -2.83. The molecule has 2 aliphatic rings. The summed E-state index contributed by atoms with van der Waals surface area (Å²) in [6.45, 7) is -2.20. The van der Waals surface area contributed by atoms with Gasteiger partial charge in [-0.1, -0.05) is 23.6 Å². The second-order valence-corrected chi connectivity index (χ2v) is 9.77. The predicted octanol–water partition coefficient (Wildman–Crippen LogP) is 4.10. The van der Waals surface area contributed by atoms with Crippen molar-refractivity contribution < 1.29 is 18.3 Å². The molecule has 12 heteroatoms. The first-order chi connectivity index (χ1) is 17.3. The number of halogens is 4. The molecule has 5 rings (SSSR count). The van der Waals surface area contributed by atoms with E-state index in [-0.39, 0.29) is 36.8 Å². The third kappa shape index (κ3) is 4.53. The number of thiazole rings is 1. The van der Waals surface area contributed by atoms with E-state index in [9.17, 15) is 18.3 Å². The van der Waals surface area contributed by atoms with E-state index in [0.717, 1.165) is 0 Å². The Morgan fingerprint density at radius 1 is 1.36 bits per heavy atom. The number of terminal acetylenes is 1. The summed E-state index contributed by atoms with van der Waals surface area (Å²) in [5, 5.41) is 21.1. The van der Waals surface area contributed by atoms with Crippen molar-refractivity contribution in [1.29, 1.82) is 0 Å². The van der Waals surface area contributed by atoms with Crippen molar-refractivity contribution in [3.63, 3.8) is 0 Å². The Bertz CT molecular complexity index is 1380. The zero-order chi connectivity index (χ0) is 25.4. The molecule has 2 N–H and O–H groups in total. The molecule has 1 saturated heterocycles. The molecule has 0 aliphatic carbocycles. The summed E-state index contributed by atoms with van der Waals surface area (Å²) in [4.78, 5) is 11.2. The van der Waals surface area contributed by atoms with Crippen LogP contribution in [0.3, 0.4) is 0 Å². The van der Waals surface area contributed by atoms with E-state index < -0.39 is 24.0 Å². The number of nitrogens with zero attached hydrogens (tertiary/aromatic N) is 5. The van der Waals surface area contributed by atoms with Crippen molar-refractivity contribution in [2.45, 2.75) is 24.6 Å². The Balaban J connectivity index is 1.70. The van der Waals surface area contributed by atoms with Crippen molar-refractivity contribution in [2.24, 2.45) is 4.99 Å². The van der Waals surface area contributed by atoms with Gasteiger partial charge in [0.2, 0.25) is 0 Å². The van der Waals surface area contributed by atoms with Gasteiger partial charge < -0.3 is 15.3 Å². The molecule has 0 saturated carbocycles. The van der Waals surface area contributed by atoms with E-state index in [1.165, 1.54) is 41.8 Å². The number of hydrogen-bond donors (Lipinski definition) is 2. The second-order valence-electron chi connectivity index (χ2n) is 8.47. The summed E-state index contributed by atoms with van der Waals surface area (Å²) >= 11 is 7.81. The van der Waals surface area contributed by atoms with Crippen LogP contribution in [0.1, 0.15) is 35.3 Å². The largest absolute Gasteiger partial charge is 0.386 e. The van der Waals surface area contributed by atoms with E-state index in [1.54, 1.807) is 11.6 Å². The van der Waals surface area contributed by atoms with Gasteiger partial charge >= 0.3 is 6.55 Å². The first kappa shape index (κ1) is 24.5. The number of benzene rings is 1. The maximum absolute atomic E-state index is 13.9. The molecule has 2 aromatic heterocycles. The molecule has 0 radical (unpaired) electrons. The molecule has 4 heterocycles. The monoisotopic (exact) mass is 532 g/mol. The van der Waals surface area contributed by atoms with Crippen molar-refractivity contribution in [1.82, 2.24) is 25.0 Å². The molecule has 0 spiro atoms. The Morgan fingerprint density at radius 2 is 2.19 bits per heavy atom. The molecule has 0 bridgehead atoms. The number of aliphatic imine (C=N–C) groups is 1. The van der Waals surface area contributed by atoms with Crippen molar-refractivity contribution in [3.8, 4) is 12.3 Å². The van der Waals surface area contributed by atoms with Crippen LogP contribution in [-0.4, -0.2) is 55.8 Å². The standard InChI is InChI=1S/C24H20ClF3N6OS/c1-2-6-29-12-24(35)11-18-19(17-5-8-34(32-17)23(27)28)20(15-4-3-14(26)10-16(15)25)31-21(33(18)13-24)22-30-7-9-36-22/h1,3-5,7-10,20,23,29,35H,6,11-13H2/t20-,24-/m0/s1. The van der Waals surface area contributed by atoms with Gasteiger partial charge in [0.15, 0.2) is 10.8 Å². The SMILES string of the molecule is C#CCNC[C@@]1(O)CC2=C(c3ccn(C(F)F)n3)[C@H](c3ccc(F)cc3Cl)N=C(c3nccs3)N2C1. The molecule has 186 valence electrons. The van der Waals surface area contributed by atoms with Crippen molar-refractivity contribution in [3.05, 3.63) is 74.8 Å². The number of amidine groups is 1. The summed E-state index contributed by atoms with van der Waals surface area (Å²) in [5.74, 6) is 2.46. The normalized spacial score (nSPS) is 21.6. The quantitative estimate of drug-likeness (QED) is 0.354. The number of hydrogen-bond acceptors (Lipinski definition) is 7. The molecular formula is C24H20ClF3N6OS. The molecule has 1 fully saturated rings. The van der Waals surface area contributed by atoms with Crippen LogP contribution in [0.4, 0.5) is 13.2 Å². The fraction of sp³-hybridized carbons (Fsp3) is 0.292. The minimum Gasteiger partial charge on any atom is -0.386 e. The fourth-order valence-electron chi connectivity index (χ4n) is 4.53. The highest BCUT2D eigenvalue weighted by Crippen LogP contribution is 2.48. The van der Waals surface area contributed by atoms with Gasteiger partial charge in [-0.15, -0.1) is 17.8 Å². The average Bonchev–Trinajstić information content (AvgIpc) is 3.58. The van der Waals surface area contributed by atoms with E-state index in [0.29, 0.717) is 32.4 Å². The first-order valence-corrected chi connectivity index (χ1v) is 12.2. The van der Waals surface area contributed by atoms with Gasteiger partial charge in [0, 0.05) is 52.6 Å². The van der Waals surface area contributed by atoms with E-state index >= 15 is 0 Å². The Morgan fingerprint density at radius 3 is 2.86 bits per heavy atom. The number of rotatable bonds is 7. The molecule has 0 amide bonds. The lowest BCUT2D eigenvalue weighted by Gasteiger charge is -2.32. The third-order valence-electron chi connectivity index (χ3n) is 6.01. The second kappa shape index (κ2) is 9.71. The van der Waals surface area contributed by atoms with Crippen LogP contribution in [-0.2, 0) is 0 Å². The lowest BCUT2D eigenvalue weighted by molar-refractivity contribution is 0.0561. The Hall–Kier alpha value is -3.17. The summed E-state index contributed by atoms with van der Waals surface area (Å²) in [6, 6.07) is 4.62. The molecular weight excluding hydrogens is 513 g/mol. The van der Waals surface area contributed by atoms with Crippen molar-refractivity contribution >= 4 is 34.3 Å². The lowest BCUT2D eigenvalue weighted by atomic mass is 9.91. The first-order valence-electron chi connectivity index (χ1n) is 10.9.